The van der Waals surface area contributed by atoms with E-state index in [1.165, 1.54) is 0 Å². The van der Waals surface area contributed by atoms with Crippen LogP contribution in [0.4, 0.5) is 5.69 Å². The van der Waals surface area contributed by atoms with E-state index >= 15 is 0 Å². The van der Waals surface area contributed by atoms with Gasteiger partial charge < -0.3 is 10.4 Å². The number of hydrogen-bond acceptors (Lipinski definition) is 5. The maximum Gasteiger partial charge on any atom is 0.103 e. The third kappa shape index (κ3) is 1.67. The third-order valence-corrected chi connectivity index (χ3v) is 3.72. The minimum Gasteiger partial charge on any atom is -0.792 e. The third-order valence-electron chi connectivity index (χ3n) is 3.72. The summed E-state index contributed by atoms with van der Waals surface area (Å²) < 4.78 is 0. The van der Waals surface area contributed by atoms with Gasteiger partial charge in [0.2, 0.25) is 0 Å². The monoisotopic (exact) mass is 257 g/mol. The molecule has 0 radical (unpaired) electrons. The highest BCUT2D eigenvalue weighted by Gasteiger charge is 2.21. The van der Waals surface area contributed by atoms with Crippen molar-refractivity contribution in [2.45, 2.75) is 19.8 Å². The van der Waals surface area contributed by atoms with Crippen LogP contribution in [0.5, 0.6) is 0 Å². The van der Waals surface area contributed by atoms with E-state index in [-0.39, 0.29) is 10.9 Å². The van der Waals surface area contributed by atoms with Crippen LogP contribution in [0, 0.1) is 5.21 Å². The van der Waals surface area contributed by atoms with Crippen LogP contribution in [-0.4, -0.2) is 16.1 Å². The van der Waals surface area contributed by atoms with E-state index in [1.54, 1.807) is 13.0 Å². The van der Waals surface area contributed by atoms with Crippen molar-refractivity contribution in [1.82, 2.24) is 0 Å². The number of rotatable bonds is 2. The average molecular weight is 257 g/mol. The van der Waals surface area contributed by atoms with E-state index in [1.807, 2.05) is 18.2 Å². The van der Waals surface area contributed by atoms with Gasteiger partial charge in [0.25, 0.3) is 0 Å². The molecule has 2 aromatic rings. The largest absolute Gasteiger partial charge is 0.792 e. The Hall–Kier alpha value is -2.11. The first-order valence-corrected chi connectivity index (χ1v) is 6.06. The molecule has 1 aliphatic rings. The highest BCUT2D eigenvalue weighted by Crippen LogP contribution is 2.38. The van der Waals surface area contributed by atoms with E-state index in [9.17, 15) is 15.6 Å². The minimum absolute atomic E-state index is 0.1000. The highest BCUT2D eigenvalue weighted by atomic mass is 16.8. The van der Waals surface area contributed by atoms with Crippen molar-refractivity contribution in [1.29, 1.82) is 0 Å². The number of benzene rings is 2. The smallest absolute Gasteiger partial charge is 0.103 e. The van der Waals surface area contributed by atoms with Crippen molar-refractivity contribution in [2.24, 2.45) is 5.16 Å². The van der Waals surface area contributed by atoms with Crippen LogP contribution in [-0.2, 0) is 12.8 Å². The molecule has 5 nitrogen and oxygen atoms in total. The van der Waals surface area contributed by atoms with E-state index in [0.29, 0.717) is 16.7 Å². The molecule has 0 fully saturated rings. The summed E-state index contributed by atoms with van der Waals surface area (Å²) in [7, 11) is 0. The van der Waals surface area contributed by atoms with Gasteiger partial charge in [-0.2, -0.15) is 0 Å². The predicted molar refractivity (Wildman–Crippen MR) is 73.0 cm³/mol. The van der Waals surface area contributed by atoms with Crippen molar-refractivity contribution >= 4 is 22.2 Å². The Labute approximate surface area is 109 Å². The van der Waals surface area contributed by atoms with Crippen LogP contribution in [0.3, 0.4) is 0 Å². The van der Waals surface area contributed by atoms with Crippen molar-refractivity contribution in [3.8, 4) is 0 Å². The van der Waals surface area contributed by atoms with E-state index in [0.717, 1.165) is 29.4 Å². The lowest BCUT2D eigenvalue weighted by molar-refractivity contribution is 0.0300. The first kappa shape index (κ1) is 12.0. The Morgan fingerprint density at radius 1 is 1.11 bits per heavy atom. The fraction of sp³-hybridized carbons (Fsp3) is 0.214. The molecule has 0 saturated heterocycles. The van der Waals surface area contributed by atoms with Gasteiger partial charge in [0.15, 0.2) is 0 Å². The van der Waals surface area contributed by atoms with Crippen molar-refractivity contribution in [3.63, 3.8) is 0 Å². The topological polar surface area (TPSA) is 79.1 Å². The van der Waals surface area contributed by atoms with Gasteiger partial charge >= 0.3 is 0 Å². The zero-order chi connectivity index (χ0) is 13.6. The summed E-state index contributed by atoms with van der Waals surface area (Å²) >= 11 is 0. The number of aryl methyl sites for hydroxylation is 2. The summed E-state index contributed by atoms with van der Waals surface area (Å²) in [6.07, 6.45) is 1.86. The molecule has 0 bridgehead atoms. The molecule has 2 aromatic carbocycles. The normalized spacial score (nSPS) is 14.2. The van der Waals surface area contributed by atoms with Gasteiger partial charge in [-0.3, -0.25) is 10.4 Å². The highest BCUT2D eigenvalue weighted by molar-refractivity contribution is 6.15. The molecular formula is C14H13N2O3-. The zero-order valence-corrected chi connectivity index (χ0v) is 10.4. The summed E-state index contributed by atoms with van der Waals surface area (Å²) in [4.78, 5) is 0. The molecule has 19 heavy (non-hydrogen) atoms. The molecule has 0 atom stereocenters. The second-order valence-corrected chi connectivity index (χ2v) is 4.73. The Bertz CT molecular complexity index is 682. The fourth-order valence-corrected chi connectivity index (χ4v) is 2.83. The van der Waals surface area contributed by atoms with Crippen LogP contribution < -0.4 is 5.23 Å². The number of nitrogens with zero attached hydrogens (tertiary/aromatic N) is 2. The molecule has 5 heteroatoms. The summed E-state index contributed by atoms with van der Waals surface area (Å²) in [6.45, 7) is 1.62. The van der Waals surface area contributed by atoms with Crippen molar-refractivity contribution in [3.05, 3.63) is 46.2 Å². The number of hydrogen-bond donors (Lipinski definition) is 2. The van der Waals surface area contributed by atoms with E-state index in [4.69, 9.17) is 0 Å². The van der Waals surface area contributed by atoms with Crippen LogP contribution in [0.25, 0.3) is 10.8 Å². The van der Waals surface area contributed by atoms with Gasteiger partial charge in [-0.1, -0.05) is 18.2 Å². The van der Waals surface area contributed by atoms with E-state index in [2.05, 4.69) is 5.16 Å². The zero-order valence-electron chi connectivity index (χ0n) is 10.4. The molecular weight excluding hydrogens is 244 g/mol. The molecule has 0 aliphatic heterocycles. The van der Waals surface area contributed by atoms with Gasteiger partial charge in [-0.25, -0.2) is 0 Å². The molecule has 1 aliphatic carbocycles. The van der Waals surface area contributed by atoms with Crippen LogP contribution in [0.1, 0.15) is 23.6 Å². The maximum absolute atomic E-state index is 10.8. The van der Waals surface area contributed by atoms with Crippen molar-refractivity contribution in [2.75, 3.05) is 5.23 Å². The van der Waals surface area contributed by atoms with Crippen LogP contribution >= 0.6 is 0 Å². The summed E-state index contributed by atoms with van der Waals surface area (Å²) in [5.74, 6) is 0. The lowest BCUT2D eigenvalue weighted by Gasteiger charge is -2.16. The molecule has 0 saturated carbocycles. The summed E-state index contributed by atoms with van der Waals surface area (Å²) in [6, 6.07) is 7.33. The second-order valence-electron chi connectivity index (χ2n) is 4.73. The lowest BCUT2D eigenvalue weighted by Crippen LogP contribution is -2.13. The standard InChI is InChI=1S/C14H14N2O3/c1-8(15-17)11-6-4-9-2-3-10-5-7-12(16(18)19)14(11)13(9)10/h4-7,17-19H,2-3H2,1H3/p-1/b15-8+. The maximum atomic E-state index is 10.8. The Balaban J connectivity index is 2.47. The quantitative estimate of drug-likeness (QED) is 0.640. The van der Waals surface area contributed by atoms with Crippen molar-refractivity contribution < 1.29 is 10.4 Å². The summed E-state index contributed by atoms with van der Waals surface area (Å²) in [5, 5.41) is 34.3. The Morgan fingerprint density at radius 2 is 1.74 bits per heavy atom. The SMILES string of the molecule is C/C(=N\[O-])c1ccc2c3c(ccc(N(O)O)c13)CC2. The predicted octanol–water partition coefficient (Wildman–Crippen LogP) is 2.83. The minimum atomic E-state index is 0.1000. The fourth-order valence-electron chi connectivity index (χ4n) is 2.83. The molecule has 0 spiro atoms. The van der Waals surface area contributed by atoms with Crippen LogP contribution in [0.2, 0.25) is 0 Å². The van der Waals surface area contributed by atoms with Gasteiger partial charge in [-0.15, -0.1) is 5.23 Å². The molecule has 0 unspecified atom stereocenters. The van der Waals surface area contributed by atoms with Crippen LogP contribution in [0.15, 0.2) is 29.4 Å². The average Bonchev–Trinajstić information content (AvgIpc) is 2.83. The summed E-state index contributed by atoms with van der Waals surface area (Å²) in [5.41, 5.74) is 3.56. The van der Waals surface area contributed by atoms with Gasteiger partial charge in [-0.05, 0) is 42.3 Å². The molecule has 0 heterocycles. The first-order chi connectivity index (χ1) is 9.13. The Kier molecular flexibility index (Phi) is 2.66. The van der Waals surface area contributed by atoms with Gasteiger partial charge in [0, 0.05) is 16.7 Å². The molecule has 0 aromatic heterocycles. The first-order valence-electron chi connectivity index (χ1n) is 6.06. The second kappa shape index (κ2) is 4.22. The molecule has 98 valence electrons. The van der Waals surface area contributed by atoms with E-state index < -0.39 is 0 Å². The Morgan fingerprint density at radius 3 is 2.32 bits per heavy atom. The lowest BCUT2D eigenvalue weighted by atomic mass is 9.96. The van der Waals surface area contributed by atoms with Gasteiger partial charge in [0.05, 0.1) is 0 Å². The molecule has 3 rings (SSSR count). The molecule has 0 amide bonds. The van der Waals surface area contributed by atoms with Gasteiger partial charge in [0.1, 0.15) is 5.69 Å². The molecule has 2 N–H and O–H groups in total. The number of anilines is 1.